The van der Waals surface area contributed by atoms with Crippen LogP contribution in [0.1, 0.15) is 26.7 Å². The summed E-state index contributed by atoms with van der Waals surface area (Å²) in [6.45, 7) is 4.67. The molecule has 4 atom stereocenters. The van der Waals surface area contributed by atoms with Crippen LogP contribution in [0.4, 0.5) is 0 Å². The molecule has 1 heterocycles. The number of nitrogens with zero attached hydrogens (tertiary/aromatic N) is 2. The predicted octanol–water partition coefficient (Wildman–Crippen LogP) is 2.81. The molecule has 0 aromatic heterocycles. The van der Waals surface area contributed by atoms with Crippen LogP contribution in [0.3, 0.4) is 0 Å². The molecule has 3 rings (SSSR count). The summed E-state index contributed by atoms with van der Waals surface area (Å²) < 4.78 is 0. The SMILES string of the molecule is CC1(C)[C@@H]2N=N[C@H]1[C@H]1CC=CC[C@H]12. The minimum absolute atomic E-state index is 0.335. The number of fused-ring (bicyclic) bond motifs is 5. The van der Waals surface area contributed by atoms with Gasteiger partial charge in [-0.05, 0) is 24.7 Å². The minimum Gasteiger partial charge on any atom is -0.190 e. The molecule has 3 aliphatic rings. The molecule has 2 bridgehead atoms. The minimum atomic E-state index is 0.335. The summed E-state index contributed by atoms with van der Waals surface area (Å²) >= 11 is 0. The van der Waals surface area contributed by atoms with Gasteiger partial charge in [-0.15, -0.1) is 0 Å². The van der Waals surface area contributed by atoms with Gasteiger partial charge in [-0.3, -0.25) is 0 Å². The molecule has 1 aliphatic heterocycles. The molecule has 0 saturated heterocycles. The molecule has 0 aromatic carbocycles. The maximum Gasteiger partial charge on any atom is 0.0814 e. The first-order valence-corrected chi connectivity index (χ1v) is 5.26. The van der Waals surface area contributed by atoms with Gasteiger partial charge in [-0.2, -0.15) is 10.2 Å². The molecule has 70 valence electrons. The summed E-state index contributed by atoms with van der Waals surface area (Å²) in [7, 11) is 0. The molecule has 0 unspecified atom stereocenters. The van der Waals surface area contributed by atoms with E-state index in [1.165, 1.54) is 12.8 Å². The Balaban J connectivity index is 2.02. The van der Waals surface area contributed by atoms with Gasteiger partial charge in [0, 0.05) is 5.41 Å². The first kappa shape index (κ1) is 7.72. The highest BCUT2D eigenvalue weighted by Crippen LogP contribution is 2.56. The van der Waals surface area contributed by atoms with Crippen molar-refractivity contribution in [1.29, 1.82) is 0 Å². The van der Waals surface area contributed by atoms with Gasteiger partial charge in [0.1, 0.15) is 0 Å². The van der Waals surface area contributed by atoms with Gasteiger partial charge in [0.05, 0.1) is 12.1 Å². The van der Waals surface area contributed by atoms with Gasteiger partial charge >= 0.3 is 0 Å². The number of hydrogen-bond donors (Lipinski definition) is 0. The quantitative estimate of drug-likeness (QED) is 0.507. The third-order valence-corrected chi connectivity index (χ3v) is 4.18. The van der Waals surface area contributed by atoms with E-state index in [4.69, 9.17) is 0 Å². The first-order valence-electron chi connectivity index (χ1n) is 5.26. The molecule has 0 radical (unpaired) electrons. The Labute approximate surface area is 79.1 Å². The molecule has 0 spiro atoms. The third kappa shape index (κ3) is 0.792. The fourth-order valence-electron chi connectivity index (χ4n) is 3.47. The normalized spacial score (nSPS) is 49.7. The fourth-order valence-corrected chi connectivity index (χ4v) is 3.47. The van der Waals surface area contributed by atoms with Gasteiger partial charge in [0.2, 0.25) is 0 Å². The Morgan fingerprint density at radius 2 is 1.46 bits per heavy atom. The average molecular weight is 176 g/mol. The van der Waals surface area contributed by atoms with Crippen LogP contribution in [0.2, 0.25) is 0 Å². The van der Waals surface area contributed by atoms with Crippen molar-refractivity contribution < 1.29 is 0 Å². The van der Waals surface area contributed by atoms with Crippen molar-refractivity contribution >= 4 is 0 Å². The van der Waals surface area contributed by atoms with Crippen LogP contribution in [-0.2, 0) is 0 Å². The van der Waals surface area contributed by atoms with E-state index in [1.807, 2.05) is 0 Å². The molecule has 0 aromatic rings. The van der Waals surface area contributed by atoms with Crippen molar-refractivity contribution in [2.75, 3.05) is 0 Å². The Hall–Kier alpha value is -0.660. The van der Waals surface area contributed by atoms with Gasteiger partial charge in [0.25, 0.3) is 0 Å². The molecule has 2 nitrogen and oxygen atoms in total. The molecule has 1 saturated carbocycles. The second kappa shape index (κ2) is 2.23. The maximum absolute atomic E-state index is 4.43. The predicted molar refractivity (Wildman–Crippen MR) is 51.6 cm³/mol. The summed E-state index contributed by atoms with van der Waals surface area (Å²) in [4.78, 5) is 0. The highest BCUT2D eigenvalue weighted by Gasteiger charge is 2.58. The molecule has 1 fully saturated rings. The summed E-state index contributed by atoms with van der Waals surface area (Å²) in [5.41, 5.74) is 0.335. The lowest BCUT2D eigenvalue weighted by Crippen LogP contribution is -2.27. The van der Waals surface area contributed by atoms with Crippen LogP contribution in [0.15, 0.2) is 22.4 Å². The average Bonchev–Trinajstić information content (AvgIpc) is 2.54. The van der Waals surface area contributed by atoms with Crippen LogP contribution < -0.4 is 0 Å². The van der Waals surface area contributed by atoms with Crippen LogP contribution >= 0.6 is 0 Å². The lowest BCUT2D eigenvalue weighted by atomic mass is 9.82. The van der Waals surface area contributed by atoms with E-state index in [0.29, 0.717) is 17.5 Å². The van der Waals surface area contributed by atoms with E-state index in [2.05, 4.69) is 36.2 Å². The molecule has 2 heteroatoms. The zero-order chi connectivity index (χ0) is 9.05. The Morgan fingerprint density at radius 3 is 1.92 bits per heavy atom. The van der Waals surface area contributed by atoms with Crippen LogP contribution in [0.25, 0.3) is 0 Å². The summed E-state index contributed by atoms with van der Waals surface area (Å²) in [5, 5.41) is 8.86. The summed E-state index contributed by atoms with van der Waals surface area (Å²) in [6, 6.07) is 1.01. The second-order valence-corrected chi connectivity index (χ2v) is 5.21. The number of allylic oxidation sites excluding steroid dienone is 2. The Kier molecular flexibility index (Phi) is 1.32. The topological polar surface area (TPSA) is 24.7 Å². The second-order valence-electron chi connectivity index (χ2n) is 5.21. The van der Waals surface area contributed by atoms with Crippen molar-refractivity contribution in [2.24, 2.45) is 27.5 Å². The Morgan fingerprint density at radius 1 is 1.00 bits per heavy atom. The lowest BCUT2D eigenvalue weighted by molar-refractivity contribution is 0.301. The van der Waals surface area contributed by atoms with Gasteiger partial charge in [-0.25, -0.2) is 0 Å². The van der Waals surface area contributed by atoms with Crippen LogP contribution in [-0.4, -0.2) is 12.1 Å². The molecule has 2 aliphatic carbocycles. The standard InChI is InChI=1S/C11H16N2/c1-11(2)9-7-5-3-4-6-8(7)10(11)13-12-9/h3-4,7-10H,5-6H2,1-2H3/t7-,8+,9-,10+. The van der Waals surface area contributed by atoms with E-state index in [0.717, 1.165) is 11.8 Å². The smallest absolute Gasteiger partial charge is 0.0814 e. The molecule has 0 N–H and O–H groups in total. The van der Waals surface area contributed by atoms with E-state index in [9.17, 15) is 0 Å². The van der Waals surface area contributed by atoms with Crippen LogP contribution in [0.5, 0.6) is 0 Å². The Bertz CT molecular complexity index is 264. The summed E-state index contributed by atoms with van der Waals surface area (Å²) in [5.74, 6) is 1.59. The zero-order valence-electron chi connectivity index (χ0n) is 8.27. The zero-order valence-corrected chi connectivity index (χ0v) is 8.27. The maximum atomic E-state index is 4.43. The number of hydrogen-bond acceptors (Lipinski definition) is 2. The first-order chi connectivity index (χ1) is 6.21. The van der Waals surface area contributed by atoms with Gasteiger partial charge < -0.3 is 0 Å². The summed E-state index contributed by atoms with van der Waals surface area (Å²) in [6.07, 6.45) is 7.11. The van der Waals surface area contributed by atoms with Crippen molar-refractivity contribution in [3.8, 4) is 0 Å². The molecular weight excluding hydrogens is 160 g/mol. The van der Waals surface area contributed by atoms with Gasteiger partial charge in [0.15, 0.2) is 0 Å². The van der Waals surface area contributed by atoms with Gasteiger partial charge in [-0.1, -0.05) is 26.0 Å². The van der Waals surface area contributed by atoms with Crippen molar-refractivity contribution in [1.82, 2.24) is 0 Å². The highest BCUT2D eigenvalue weighted by atomic mass is 15.2. The lowest BCUT2D eigenvalue weighted by Gasteiger charge is -2.27. The molecule has 13 heavy (non-hydrogen) atoms. The van der Waals surface area contributed by atoms with E-state index < -0.39 is 0 Å². The molecule has 0 amide bonds. The number of azo groups is 1. The number of rotatable bonds is 0. The van der Waals surface area contributed by atoms with Crippen molar-refractivity contribution in [3.63, 3.8) is 0 Å². The monoisotopic (exact) mass is 176 g/mol. The highest BCUT2D eigenvalue weighted by molar-refractivity contribution is 5.16. The fraction of sp³-hybridized carbons (Fsp3) is 0.818. The van der Waals surface area contributed by atoms with Crippen LogP contribution in [0, 0.1) is 17.3 Å². The van der Waals surface area contributed by atoms with Crippen molar-refractivity contribution in [2.45, 2.75) is 38.8 Å². The molecular formula is C11H16N2. The van der Waals surface area contributed by atoms with E-state index >= 15 is 0 Å². The van der Waals surface area contributed by atoms with E-state index in [-0.39, 0.29) is 0 Å². The van der Waals surface area contributed by atoms with E-state index in [1.54, 1.807) is 0 Å². The van der Waals surface area contributed by atoms with Crippen molar-refractivity contribution in [3.05, 3.63) is 12.2 Å². The third-order valence-electron chi connectivity index (χ3n) is 4.18. The largest absolute Gasteiger partial charge is 0.190 e.